The number of methoxy groups -OCH3 is 1. The van der Waals surface area contributed by atoms with Gasteiger partial charge in [-0.3, -0.25) is 10.1 Å². The van der Waals surface area contributed by atoms with Gasteiger partial charge in [0.2, 0.25) is 0 Å². The molecule has 0 heterocycles. The minimum Gasteiger partial charge on any atom is -0.497 e. The molecule has 3 radical (unpaired) electrons. The number of nitro benzene ring substituents is 1. The summed E-state index contributed by atoms with van der Waals surface area (Å²) in [5.41, 5.74) is 2.59. The maximum absolute atomic E-state index is 11.2. The third-order valence-electron chi connectivity index (χ3n) is 3.54. The lowest BCUT2D eigenvalue weighted by atomic mass is 10.1. The molecule has 0 saturated heterocycles. The van der Waals surface area contributed by atoms with E-state index in [-0.39, 0.29) is 12.3 Å². The van der Waals surface area contributed by atoms with Crippen LogP contribution in [0.15, 0.2) is 30.3 Å². The molecule has 0 aliphatic rings. The van der Waals surface area contributed by atoms with Crippen LogP contribution in [0.2, 0.25) is 0 Å². The van der Waals surface area contributed by atoms with Gasteiger partial charge >= 0.3 is 0 Å². The second-order valence-corrected chi connectivity index (χ2v) is 5.46. The van der Waals surface area contributed by atoms with Crippen molar-refractivity contribution < 1.29 is 14.4 Å². The van der Waals surface area contributed by atoms with E-state index in [0.29, 0.717) is 17.1 Å². The van der Waals surface area contributed by atoms with Crippen LogP contribution in [0.1, 0.15) is 16.7 Å². The fourth-order valence-corrected chi connectivity index (χ4v) is 2.43. The molecular weight excluding hydrogens is 298 g/mol. The van der Waals surface area contributed by atoms with E-state index in [1.54, 1.807) is 12.1 Å². The molecule has 0 fully saturated rings. The lowest BCUT2D eigenvalue weighted by Gasteiger charge is -2.14. The lowest BCUT2D eigenvalue weighted by molar-refractivity contribution is -0.385. The van der Waals surface area contributed by atoms with Crippen molar-refractivity contribution in [3.63, 3.8) is 0 Å². The van der Waals surface area contributed by atoms with Gasteiger partial charge in [0.05, 0.1) is 33.9 Å². The Morgan fingerprint density at radius 1 is 1.23 bits per heavy atom. The molecule has 0 aliphatic heterocycles. The SMILES string of the molecule is COc1ccc(COc2c([Si])ccc(C)c2C)c([N+](=O)[O-])c1. The third kappa shape index (κ3) is 3.28. The monoisotopic (exact) mass is 314 g/mol. The summed E-state index contributed by atoms with van der Waals surface area (Å²) in [6.07, 6.45) is 0. The number of nitro groups is 1. The number of hydrogen-bond donors (Lipinski definition) is 0. The first-order chi connectivity index (χ1) is 10.4. The van der Waals surface area contributed by atoms with Gasteiger partial charge in [0.15, 0.2) is 0 Å². The summed E-state index contributed by atoms with van der Waals surface area (Å²) in [6.45, 7) is 4.06. The van der Waals surface area contributed by atoms with Gasteiger partial charge in [-0.25, -0.2) is 0 Å². The summed E-state index contributed by atoms with van der Waals surface area (Å²) in [4.78, 5) is 10.7. The number of benzene rings is 2. The van der Waals surface area contributed by atoms with Gasteiger partial charge in [-0.2, -0.15) is 0 Å². The predicted molar refractivity (Wildman–Crippen MR) is 85.3 cm³/mol. The maximum Gasteiger partial charge on any atom is 0.279 e. The summed E-state index contributed by atoms with van der Waals surface area (Å²) in [7, 11) is 4.98. The Balaban J connectivity index is 2.29. The Kier molecular flexibility index (Phi) is 4.82. The van der Waals surface area contributed by atoms with Crippen molar-refractivity contribution in [1.82, 2.24) is 0 Å². The smallest absolute Gasteiger partial charge is 0.279 e. The highest BCUT2D eigenvalue weighted by Gasteiger charge is 2.16. The van der Waals surface area contributed by atoms with Crippen molar-refractivity contribution in [2.45, 2.75) is 20.5 Å². The number of rotatable bonds is 5. The Hall–Kier alpha value is -2.34. The highest BCUT2D eigenvalue weighted by Crippen LogP contribution is 2.26. The van der Waals surface area contributed by atoms with E-state index >= 15 is 0 Å². The second-order valence-electron chi connectivity index (χ2n) is 4.92. The quantitative estimate of drug-likeness (QED) is 0.483. The van der Waals surface area contributed by atoms with E-state index in [2.05, 4.69) is 10.2 Å². The van der Waals surface area contributed by atoms with E-state index in [4.69, 9.17) is 9.47 Å². The molecule has 22 heavy (non-hydrogen) atoms. The molecule has 113 valence electrons. The van der Waals surface area contributed by atoms with E-state index in [9.17, 15) is 10.1 Å². The molecule has 0 unspecified atom stereocenters. The largest absolute Gasteiger partial charge is 0.497 e. The van der Waals surface area contributed by atoms with Crippen LogP contribution in [0, 0.1) is 24.0 Å². The Bertz CT molecular complexity index is 716. The number of ether oxygens (including phenoxy) is 2. The van der Waals surface area contributed by atoms with Crippen molar-refractivity contribution in [3.05, 3.63) is 57.1 Å². The normalized spacial score (nSPS) is 10.4. The topological polar surface area (TPSA) is 61.6 Å². The number of hydrogen-bond acceptors (Lipinski definition) is 4. The molecule has 0 aliphatic carbocycles. The first kappa shape index (κ1) is 16.0. The van der Waals surface area contributed by atoms with Gasteiger partial charge in [0.1, 0.15) is 18.1 Å². The van der Waals surface area contributed by atoms with Crippen molar-refractivity contribution in [2.24, 2.45) is 0 Å². The first-order valence-corrected chi connectivity index (χ1v) is 7.20. The molecule has 2 rings (SSSR count). The van der Waals surface area contributed by atoms with Crippen LogP contribution < -0.4 is 14.7 Å². The molecular formula is C16H16NO4Si. The maximum atomic E-state index is 11.2. The molecule has 0 saturated carbocycles. The minimum atomic E-state index is -0.432. The lowest BCUT2D eigenvalue weighted by Crippen LogP contribution is -2.12. The zero-order valence-corrected chi connectivity index (χ0v) is 13.7. The Morgan fingerprint density at radius 2 is 1.95 bits per heavy atom. The van der Waals surface area contributed by atoms with Gasteiger partial charge in [-0.1, -0.05) is 12.1 Å². The van der Waals surface area contributed by atoms with E-state index in [0.717, 1.165) is 16.3 Å². The highest BCUT2D eigenvalue weighted by molar-refractivity contribution is 6.34. The standard InChI is InChI=1S/C16H16NO4Si/c1-10-4-7-15(22)16(11(10)2)21-9-12-5-6-13(20-3)8-14(12)17(18)19/h4-8H,9H2,1-3H3. The molecule has 0 atom stereocenters. The molecule has 0 bridgehead atoms. The summed E-state index contributed by atoms with van der Waals surface area (Å²) in [5, 5.41) is 12.0. The highest BCUT2D eigenvalue weighted by atomic mass is 28.1. The molecule has 2 aromatic carbocycles. The van der Waals surface area contributed by atoms with Gasteiger partial charge in [-0.15, -0.1) is 0 Å². The molecule has 2 aromatic rings. The van der Waals surface area contributed by atoms with Gasteiger partial charge in [-0.05, 0) is 42.3 Å². The van der Waals surface area contributed by atoms with Gasteiger partial charge < -0.3 is 9.47 Å². The molecule has 0 amide bonds. The average molecular weight is 314 g/mol. The third-order valence-corrected chi connectivity index (χ3v) is 3.93. The number of nitrogens with zero attached hydrogens (tertiary/aromatic N) is 1. The molecule has 5 nitrogen and oxygen atoms in total. The summed E-state index contributed by atoms with van der Waals surface area (Å²) >= 11 is 0. The van der Waals surface area contributed by atoms with Crippen LogP contribution in [-0.2, 0) is 6.61 Å². The van der Waals surface area contributed by atoms with Crippen molar-refractivity contribution >= 4 is 21.1 Å². The van der Waals surface area contributed by atoms with Gasteiger partial charge in [0, 0.05) is 0 Å². The second kappa shape index (κ2) is 6.61. The van der Waals surface area contributed by atoms with Crippen molar-refractivity contribution in [3.8, 4) is 11.5 Å². The first-order valence-electron chi connectivity index (χ1n) is 6.70. The summed E-state index contributed by atoms with van der Waals surface area (Å²) in [6, 6.07) is 8.62. The minimum absolute atomic E-state index is 0.0137. The van der Waals surface area contributed by atoms with Gasteiger partial charge in [0.25, 0.3) is 5.69 Å². The molecule has 0 N–H and O–H groups in total. The predicted octanol–water partition coefficient (Wildman–Crippen LogP) is 2.59. The van der Waals surface area contributed by atoms with E-state index in [1.165, 1.54) is 13.2 Å². The molecule has 0 spiro atoms. The number of aryl methyl sites for hydroxylation is 1. The molecule has 6 heteroatoms. The van der Waals surface area contributed by atoms with Crippen LogP contribution in [0.5, 0.6) is 11.5 Å². The summed E-state index contributed by atoms with van der Waals surface area (Å²) < 4.78 is 10.8. The van der Waals surface area contributed by atoms with Crippen molar-refractivity contribution in [1.29, 1.82) is 0 Å². The zero-order chi connectivity index (χ0) is 16.3. The van der Waals surface area contributed by atoms with E-state index < -0.39 is 4.92 Å². The summed E-state index contributed by atoms with van der Waals surface area (Å²) in [5.74, 6) is 1.14. The Morgan fingerprint density at radius 3 is 2.59 bits per heavy atom. The molecule has 0 aromatic heterocycles. The fraction of sp³-hybridized carbons (Fsp3) is 0.250. The van der Waals surface area contributed by atoms with Crippen LogP contribution in [0.4, 0.5) is 5.69 Å². The Labute approximate surface area is 132 Å². The van der Waals surface area contributed by atoms with Crippen LogP contribution in [0.25, 0.3) is 0 Å². The van der Waals surface area contributed by atoms with Crippen LogP contribution >= 0.6 is 0 Å². The van der Waals surface area contributed by atoms with Crippen molar-refractivity contribution in [2.75, 3.05) is 7.11 Å². The van der Waals surface area contributed by atoms with E-state index in [1.807, 2.05) is 26.0 Å². The zero-order valence-electron chi connectivity index (χ0n) is 12.7. The van der Waals surface area contributed by atoms with Crippen LogP contribution in [0.3, 0.4) is 0 Å². The average Bonchev–Trinajstić information content (AvgIpc) is 2.51. The van der Waals surface area contributed by atoms with Crippen LogP contribution in [-0.4, -0.2) is 22.3 Å². The fourth-order valence-electron chi connectivity index (χ4n) is 2.09.